The minimum Gasteiger partial charge on any atom is -0.488 e. The predicted molar refractivity (Wildman–Crippen MR) is 107 cm³/mol. The summed E-state index contributed by atoms with van der Waals surface area (Å²) in [5, 5.41) is 0. The van der Waals surface area contributed by atoms with Gasteiger partial charge >= 0.3 is 0 Å². The van der Waals surface area contributed by atoms with E-state index in [-0.39, 0.29) is 17.9 Å². The first-order chi connectivity index (χ1) is 13.7. The molecule has 5 heteroatoms. The lowest BCUT2D eigenvalue weighted by molar-refractivity contribution is -0.142. The van der Waals surface area contributed by atoms with E-state index in [9.17, 15) is 9.59 Å². The molecule has 2 aromatic rings. The van der Waals surface area contributed by atoms with Crippen LogP contribution in [0, 0.1) is 0 Å². The Labute approximate surface area is 165 Å². The molecule has 2 unspecified atom stereocenters. The van der Waals surface area contributed by atoms with Crippen LogP contribution in [-0.4, -0.2) is 53.4 Å². The number of hydrogen-bond donors (Lipinski definition) is 0. The Morgan fingerprint density at radius 1 is 0.929 bits per heavy atom. The molecule has 2 amide bonds. The molecule has 2 saturated heterocycles. The molecular weight excluding hydrogens is 352 g/mol. The molecule has 0 radical (unpaired) electrons. The number of nitrogens with zero attached hydrogens (tertiary/aromatic N) is 2. The summed E-state index contributed by atoms with van der Waals surface area (Å²) in [6, 6.07) is 18.9. The predicted octanol–water partition coefficient (Wildman–Crippen LogP) is 2.90. The van der Waals surface area contributed by atoms with Crippen molar-refractivity contribution in [3.63, 3.8) is 0 Å². The molecule has 146 valence electrons. The Balaban J connectivity index is 1.50. The summed E-state index contributed by atoms with van der Waals surface area (Å²) >= 11 is 0. The number of hydrogen-bond acceptors (Lipinski definition) is 3. The SMILES string of the molecule is O=C(C1CC(Oc2ccccc2)CN1C(=O)Cc1ccccc1)N1CCCC1. The average Bonchev–Trinajstić information content (AvgIpc) is 3.39. The summed E-state index contributed by atoms with van der Waals surface area (Å²) in [6.07, 6.45) is 2.77. The topological polar surface area (TPSA) is 49.9 Å². The molecular formula is C23H26N2O3. The molecule has 2 fully saturated rings. The highest BCUT2D eigenvalue weighted by Gasteiger charge is 2.42. The van der Waals surface area contributed by atoms with Gasteiger partial charge in [0, 0.05) is 19.5 Å². The molecule has 5 nitrogen and oxygen atoms in total. The summed E-state index contributed by atoms with van der Waals surface area (Å²) in [4.78, 5) is 29.8. The monoisotopic (exact) mass is 378 g/mol. The highest BCUT2D eigenvalue weighted by molar-refractivity contribution is 5.89. The molecule has 2 aliphatic rings. The first-order valence-electron chi connectivity index (χ1n) is 10.0. The van der Waals surface area contributed by atoms with Crippen molar-refractivity contribution in [2.24, 2.45) is 0 Å². The van der Waals surface area contributed by atoms with Crippen LogP contribution < -0.4 is 4.74 Å². The molecule has 0 bridgehead atoms. The van der Waals surface area contributed by atoms with Gasteiger partial charge in [-0.15, -0.1) is 0 Å². The van der Waals surface area contributed by atoms with E-state index in [1.54, 1.807) is 4.90 Å². The van der Waals surface area contributed by atoms with Crippen LogP contribution in [0.15, 0.2) is 60.7 Å². The zero-order valence-corrected chi connectivity index (χ0v) is 16.0. The van der Waals surface area contributed by atoms with Crippen molar-refractivity contribution in [3.8, 4) is 5.75 Å². The minimum absolute atomic E-state index is 0.0112. The summed E-state index contributed by atoms with van der Waals surface area (Å²) in [5.74, 6) is 0.832. The Morgan fingerprint density at radius 2 is 1.57 bits per heavy atom. The van der Waals surface area contributed by atoms with Gasteiger partial charge in [0.25, 0.3) is 0 Å². The maximum Gasteiger partial charge on any atom is 0.245 e. The number of carbonyl (C=O) groups excluding carboxylic acids is 2. The highest BCUT2D eigenvalue weighted by Crippen LogP contribution is 2.26. The van der Waals surface area contributed by atoms with E-state index in [2.05, 4.69) is 0 Å². The Kier molecular flexibility index (Phi) is 5.60. The fourth-order valence-electron chi connectivity index (χ4n) is 4.10. The highest BCUT2D eigenvalue weighted by atomic mass is 16.5. The van der Waals surface area contributed by atoms with Crippen LogP contribution in [0.5, 0.6) is 5.75 Å². The van der Waals surface area contributed by atoms with Crippen LogP contribution in [0.1, 0.15) is 24.8 Å². The summed E-state index contributed by atoms with van der Waals surface area (Å²) in [6.45, 7) is 2.03. The van der Waals surface area contributed by atoms with Crippen LogP contribution in [0.4, 0.5) is 0 Å². The number of benzene rings is 2. The summed E-state index contributed by atoms with van der Waals surface area (Å²) in [5.41, 5.74) is 0.965. The molecule has 4 rings (SSSR count). The smallest absolute Gasteiger partial charge is 0.245 e. The van der Waals surface area contributed by atoms with Crippen molar-refractivity contribution in [1.82, 2.24) is 9.80 Å². The van der Waals surface area contributed by atoms with Gasteiger partial charge in [0.15, 0.2) is 0 Å². The molecule has 2 aromatic carbocycles. The number of likely N-dealkylation sites (tertiary alicyclic amines) is 2. The van der Waals surface area contributed by atoms with Gasteiger partial charge in [-0.3, -0.25) is 9.59 Å². The van der Waals surface area contributed by atoms with Crippen molar-refractivity contribution in [1.29, 1.82) is 0 Å². The third kappa shape index (κ3) is 4.19. The zero-order chi connectivity index (χ0) is 19.3. The fraction of sp³-hybridized carbons (Fsp3) is 0.391. The van der Waals surface area contributed by atoms with Crippen molar-refractivity contribution in [2.75, 3.05) is 19.6 Å². The Morgan fingerprint density at radius 3 is 2.25 bits per heavy atom. The molecule has 0 N–H and O–H groups in total. The summed E-state index contributed by atoms with van der Waals surface area (Å²) < 4.78 is 6.08. The van der Waals surface area contributed by atoms with Crippen molar-refractivity contribution in [2.45, 2.75) is 37.8 Å². The average molecular weight is 378 g/mol. The maximum atomic E-state index is 13.1. The number of carbonyl (C=O) groups is 2. The lowest BCUT2D eigenvalue weighted by Crippen LogP contribution is -2.47. The van der Waals surface area contributed by atoms with Gasteiger partial charge in [-0.2, -0.15) is 0 Å². The standard InChI is InChI=1S/C23H26N2O3/c26-22(15-18-9-3-1-4-10-18)25-17-20(28-19-11-5-2-6-12-19)16-21(25)23(27)24-13-7-8-14-24/h1-6,9-12,20-21H,7-8,13-17H2. The van der Waals surface area contributed by atoms with E-state index in [0.29, 0.717) is 19.4 Å². The maximum absolute atomic E-state index is 13.1. The lowest BCUT2D eigenvalue weighted by atomic mass is 10.1. The van der Waals surface area contributed by atoms with Crippen LogP contribution >= 0.6 is 0 Å². The van der Waals surface area contributed by atoms with Crippen LogP contribution in [-0.2, 0) is 16.0 Å². The van der Waals surface area contributed by atoms with Crippen LogP contribution in [0.3, 0.4) is 0 Å². The van der Waals surface area contributed by atoms with E-state index in [4.69, 9.17) is 4.74 Å². The molecule has 2 aliphatic heterocycles. The quantitative estimate of drug-likeness (QED) is 0.804. The largest absolute Gasteiger partial charge is 0.488 e. The van der Waals surface area contributed by atoms with Gasteiger partial charge in [-0.05, 0) is 30.5 Å². The number of amides is 2. The van der Waals surface area contributed by atoms with E-state index >= 15 is 0 Å². The van der Waals surface area contributed by atoms with Crippen molar-refractivity contribution in [3.05, 3.63) is 66.2 Å². The lowest BCUT2D eigenvalue weighted by Gasteiger charge is -2.27. The first-order valence-corrected chi connectivity index (χ1v) is 10.0. The normalized spacial score (nSPS) is 21.7. The van der Waals surface area contributed by atoms with Gasteiger partial charge in [0.05, 0.1) is 13.0 Å². The molecule has 28 heavy (non-hydrogen) atoms. The third-order valence-corrected chi connectivity index (χ3v) is 5.53. The number of para-hydroxylation sites is 1. The van der Waals surface area contributed by atoms with E-state index in [0.717, 1.165) is 37.2 Å². The third-order valence-electron chi connectivity index (χ3n) is 5.53. The van der Waals surface area contributed by atoms with Crippen LogP contribution in [0.25, 0.3) is 0 Å². The molecule has 0 aromatic heterocycles. The summed E-state index contributed by atoms with van der Waals surface area (Å²) in [7, 11) is 0. The molecule has 2 atom stereocenters. The molecule has 2 heterocycles. The second-order valence-electron chi connectivity index (χ2n) is 7.55. The van der Waals surface area contributed by atoms with Gasteiger partial charge < -0.3 is 14.5 Å². The Bertz CT molecular complexity index is 803. The number of rotatable bonds is 5. The molecule has 0 spiro atoms. The Hall–Kier alpha value is -2.82. The van der Waals surface area contributed by atoms with Gasteiger partial charge in [0.1, 0.15) is 17.9 Å². The number of ether oxygens (including phenoxy) is 1. The van der Waals surface area contributed by atoms with E-state index < -0.39 is 6.04 Å². The van der Waals surface area contributed by atoms with E-state index in [1.807, 2.05) is 65.6 Å². The molecule has 0 saturated carbocycles. The fourth-order valence-corrected chi connectivity index (χ4v) is 4.10. The van der Waals surface area contributed by atoms with Gasteiger partial charge in [-0.25, -0.2) is 0 Å². The second-order valence-corrected chi connectivity index (χ2v) is 7.55. The van der Waals surface area contributed by atoms with Crippen LogP contribution in [0.2, 0.25) is 0 Å². The van der Waals surface area contributed by atoms with Crippen molar-refractivity contribution < 1.29 is 14.3 Å². The van der Waals surface area contributed by atoms with Gasteiger partial charge in [-0.1, -0.05) is 48.5 Å². The van der Waals surface area contributed by atoms with Gasteiger partial charge in [0.2, 0.25) is 11.8 Å². The first kappa shape index (κ1) is 18.5. The van der Waals surface area contributed by atoms with Crippen molar-refractivity contribution >= 4 is 11.8 Å². The minimum atomic E-state index is -0.428. The van der Waals surface area contributed by atoms with E-state index in [1.165, 1.54) is 0 Å². The molecule has 0 aliphatic carbocycles. The second kappa shape index (κ2) is 8.46. The zero-order valence-electron chi connectivity index (χ0n) is 16.0.